The third kappa shape index (κ3) is 1.51. The fraction of sp³-hybridized carbons (Fsp3) is 0.364. The fourth-order valence-corrected chi connectivity index (χ4v) is 3.55. The summed E-state index contributed by atoms with van der Waals surface area (Å²) < 4.78 is 0. The Morgan fingerprint density at radius 2 is 1.25 bits per heavy atom. The number of hydrogen-bond donors (Lipinski definition) is 0. The molecule has 0 saturated heterocycles. The quantitative estimate of drug-likeness (QED) is 0.615. The zero-order chi connectivity index (χ0) is 11.9. The molecule has 5 heteroatoms. The lowest BCUT2D eigenvalue weighted by molar-refractivity contribution is 0.103. The molecule has 0 atom stereocenters. The van der Waals surface area contributed by atoms with Gasteiger partial charge in [0.25, 0.3) is 0 Å². The normalized spacial score (nSPS) is 11.9. The third-order valence-electron chi connectivity index (χ3n) is 2.10. The molecule has 0 aromatic carbocycles. The number of carbonyl (C=O) groups is 1. The molecule has 1 aliphatic rings. The van der Waals surface area contributed by atoms with Crippen molar-refractivity contribution in [1.29, 1.82) is 0 Å². The summed E-state index contributed by atoms with van der Waals surface area (Å²) in [7, 11) is 0. The molecular weight excluding hydrogens is 240 g/mol. The predicted molar refractivity (Wildman–Crippen MR) is 67.5 cm³/mol. The van der Waals surface area contributed by atoms with Gasteiger partial charge in [0.15, 0.2) is 0 Å². The Labute approximate surface area is 102 Å². The topological polar surface area (TPSA) is 42.9 Å². The van der Waals surface area contributed by atoms with Crippen molar-refractivity contribution in [2.75, 3.05) is 0 Å². The summed E-state index contributed by atoms with van der Waals surface area (Å²) in [6.07, 6.45) is 0. The molecule has 0 saturated carbocycles. The van der Waals surface area contributed by atoms with Gasteiger partial charge in [-0.2, -0.15) is 0 Å². The minimum absolute atomic E-state index is 0.0105. The maximum absolute atomic E-state index is 11.8. The lowest BCUT2D eigenvalue weighted by Crippen LogP contribution is -1.98. The van der Waals surface area contributed by atoms with Crippen LogP contribution < -0.4 is 0 Å². The highest BCUT2D eigenvalue weighted by molar-refractivity contribution is 7.22. The average Bonchev–Trinajstić information content (AvgIpc) is 2.88. The molecule has 0 radical (unpaired) electrons. The summed E-state index contributed by atoms with van der Waals surface area (Å²) in [5.74, 6) is -0.0105. The Balaban J connectivity index is 0.000000457. The van der Waals surface area contributed by atoms with Crippen molar-refractivity contribution in [2.24, 2.45) is 0 Å². The number of hydrogen-bond acceptors (Lipinski definition) is 5. The Morgan fingerprint density at radius 1 is 0.875 bits per heavy atom. The first-order chi connectivity index (χ1) is 7.66. The van der Waals surface area contributed by atoms with E-state index in [0.29, 0.717) is 11.4 Å². The number of nitrogens with zero attached hydrogens (tertiary/aromatic N) is 2. The van der Waals surface area contributed by atoms with Crippen molar-refractivity contribution >= 4 is 28.5 Å². The van der Waals surface area contributed by atoms with E-state index < -0.39 is 0 Å². The van der Waals surface area contributed by atoms with E-state index in [-0.39, 0.29) is 5.78 Å². The van der Waals surface area contributed by atoms with Crippen LogP contribution in [0.1, 0.15) is 40.0 Å². The molecule has 3 nitrogen and oxygen atoms in total. The fourth-order valence-electron chi connectivity index (χ4n) is 1.58. The summed E-state index contributed by atoms with van der Waals surface area (Å²) in [5.41, 5.74) is 1.20. The van der Waals surface area contributed by atoms with Crippen LogP contribution >= 0.6 is 22.7 Å². The van der Waals surface area contributed by atoms with Gasteiger partial charge in [-0.25, -0.2) is 9.97 Å². The molecule has 2 heterocycles. The molecule has 3 rings (SSSR count). The van der Waals surface area contributed by atoms with E-state index in [2.05, 4.69) is 9.97 Å². The van der Waals surface area contributed by atoms with Gasteiger partial charge < -0.3 is 0 Å². The molecule has 1 aliphatic carbocycles. The minimum Gasteiger partial charge on any atom is -0.285 e. The Bertz CT molecular complexity index is 506. The predicted octanol–water partition coefficient (Wildman–Crippen LogP) is 3.45. The number of aromatic nitrogens is 2. The van der Waals surface area contributed by atoms with Crippen LogP contribution in [0, 0.1) is 13.8 Å². The van der Waals surface area contributed by atoms with Crippen LogP contribution in [-0.2, 0) is 0 Å². The van der Waals surface area contributed by atoms with Crippen LogP contribution in [0.3, 0.4) is 0 Å². The van der Waals surface area contributed by atoms with Crippen molar-refractivity contribution in [1.82, 2.24) is 9.97 Å². The number of aryl methyl sites for hydroxylation is 2. The SMILES string of the molecule is CC.Cc1nc2c(s1)-c1sc(C)nc1C2=O. The highest BCUT2D eigenvalue weighted by Crippen LogP contribution is 2.43. The van der Waals surface area contributed by atoms with Crippen LogP contribution in [0.5, 0.6) is 0 Å². The second-order valence-corrected chi connectivity index (χ2v) is 5.56. The van der Waals surface area contributed by atoms with Crippen LogP contribution in [-0.4, -0.2) is 15.8 Å². The summed E-state index contributed by atoms with van der Waals surface area (Å²) in [6, 6.07) is 0. The summed E-state index contributed by atoms with van der Waals surface area (Å²) in [4.78, 5) is 22.3. The third-order valence-corrected chi connectivity index (χ3v) is 4.21. The van der Waals surface area contributed by atoms with Crippen LogP contribution in [0.2, 0.25) is 0 Å². The smallest absolute Gasteiger partial charge is 0.232 e. The van der Waals surface area contributed by atoms with E-state index in [4.69, 9.17) is 0 Å². The van der Waals surface area contributed by atoms with Crippen LogP contribution in [0.4, 0.5) is 0 Å². The molecule has 16 heavy (non-hydrogen) atoms. The number of fused-ring (bicyclic) bond motifs is 3. The maximum Gasteiger partial charge on any atom is 0.232 e. The maximum atomic E-state index is 11.8. The first-order valence-corrected chi connectivity index (χ1v) is 6.80. The van der Waals surface area contributed by atoms with Crippen molar-refractivity contribution in [2.45, 2.75) is 27.7 Å². The van der Waals surface area contributed by atoms with E-state index in [1.54, 1.807) is 22.7 Å². The van der Waals surface area contributed by atoms with E-state index in [9.17, 15) is 4.79 Å². The van der Waals surface area contributed by atoms with Crippen molar-refractivity contribution in [3.05, 3.63) is 21.4 Å². The van der Waals surface area contributed by atoms with Gasteiger partial charge in [-0.1, -0.05) is 13.8 Å². The van der Waals surface area contributed by atoms with Crippen molar-refractivity contribution < 1.29 is 4.79 Å². The molecule has 2 aromatic heterocycles. The molecule has 0 unspecified atom stereocenters. The molecule has 0 fully saturated rings. The van der Waals surface area contributed by atoms with E-state index in [0.717, 1.165) is 19.8 Å². The van der Waals surface area contributed by atoms with E-state index in [1.807, 2.05) is 27.7 Å². The largest absolute Gasteiger partial charge is 0.285 e. The lowest BCUT2D eigenvalue weighted by atomic mass is 10.3. The molecule has 84 valence electrons. The lowest BCUT2D eigenvalue weighted by Gasteiger charge is -1.84. The summed E-state index contributed by atoms with van der Waals surface area (Å²) in [6.45, 7) is 7.84. The number of carbonyl (C=O) groups excluding carboxylic acids is 1. The minimum atomic E-state index is -0.0105. The van der Waals surface area contributed by atoms with Crippen LogP contribution in [0.25, 0.3) is 9.75 Å². The number of ketones is 1. The standard InChI is InChI=1S/C9H6N2OS2.C2H6/c1-3-10-5-7(12)6-9(8(5)13-3)14-4(2)11-6;1-2/h1-2H3;1-2H3. The highest BCUT2D eigenvalue weighted by atomic mass is 32.1. The van der Waals surface area contributed by atoms with Gasteiger partial charge in [-0.05, 0) is 13.8 Å². The Hall–Kier alpha value is -1.07. The zero-order valence-electron chi connectivity index (χ0n) is 9.62. The molecule has 2 aromatic rings. The first kappa shape index (κ1) is 11.4. The van der Waals surface area contributed by atoms with E-state index in [1.165, 1.54) is 0 Å². The molecule has 0 spiro atoms. The van der Waals surface area contributed by atoms with Gasteiger partial charge in [0.2, 0.25) is 5.78 Å². The number of thiazole rings is 2. The van der Waals surface area contributed by atoms with Gasteiger partial charge in [-0.3, -0.25) is 4.79 Å². The molecular formula is C11H12N2OS2. The number of rotatable bonds is 0. The molecule has 0 bridgehead atoms. The molecule has 0 aliphatic heterocycles. The van der Waals surface area contributed by atoms with Gasteiger partial charge in [-0.15, -0.1) is 22.7 Å². The van der Waals surface area contributed by atoms with E-state index >= 15 is 0 Å². The first-order valence-electron chi connectivity index (χ1n) is 5.17. The van der Waals surface area contributed by atoms with Crippen LogP contribution in [0.15, 0.2) is 0 Å². The second kappa shape index (κ2) is 4.07. The Morgan fingerprint density at radius 3 is 1.62 bits per heavy atom. The van der Waals surface area contributed by atoms with Crippen molar-refractivity contribution in [3.63, 3.8) is 0 Å². The summed E-state index contributed by atoms with van der Waals surface area (Å²) in [5, 5.41) is 1.89. The average molecular weight is 252 g/mol. The van der Waals surface area contributed by atoms with Gasteiger partial charge in [0.1, 0.15) is 11.4 Å². The summed E-state index contributed by atoms with van der Waals surface area (Å²) >= 11 is 3.15. The zero-order valence-corrected chi connectivity index (χ0v) is 11.3. The van der Waals surface area contributed by atoms with Gasteiger partial charge in [0, 0.05) is 0 Å². The van der Waals surface area contributed by atoms with Crippen molar-refractivity contribution in [3.8, 4) is 9.75 Å². The van der Waals surface area contributed by atoms with Gasteiger partial charge >= 0.3 is 0 Å². The van der Waals surface area contributed by atoms with Gasteiger partial charge in [0.05, 0.1) is 19.8 Å². The molecule has 0 amide bonds. The second-order valence-electron chi connectivity index (χ2n) is 3.15. The highest BCUT2D eigenvalue weighted by Gasteiger charge is 2.33. The monoisotopic (exact) mass is 252 g/mol. The Kier molecular flexibility index (Phi) is 2.90. The molecule has 0 N–H and O–H groups in total.